The third kappa shape index (κ3) is 5.42. The second-order valence-electron chi connectivity index (χ2n) is 7.38. The van der Waals surface area contributed by atoms with Crippen molar-refractivity contribution in [2.75, 3.05) is 6.54 Å². The predicted molar refractivity (Wildman–Crippen MR) is 102 cm³/mol. The van der Waals surface area contributed by atoms with Crippen LogP contribution in [0.25, 0.3) is 0 Å². The number of aryl methyl sites for hydroxylation is 1. The normalized spacial score (nSPS) is 12.1. The Balaban J connectivity index is 2.21. The van der Waals surface area contributed by atoms with E-state index in [0.717, 1.165) is 11.3 Å². The molecular weight excluding hydrogens is 342 g/mol. The Labute approximate surface area is 159 Å². The largest absolute Gasteiger partial charge is 0.341 e. The first kappa shape index (κ1) is 20.2. The van der Waals surface area contributed by atoms with Crippen LogP contribution in [0.5, 0.6) is 0 Å². The van der Waals surface area contributed by atoms with Crippen LogP contribution in [0.3, 0.4) is 0 Å². The Bertz CT molecular complexity index is 843. The minimum Gasteiger partial charge on any atom is -0.341 e. The predicted octanol–water partition coefficient (Wildman–Crippen LogP) is 1.70. The molecule has 2 amide bonds. The van der Waals surface area contributed by atoms with Gasteiger partial charge in [-0.25, -0.2) is 0 Å². The summed E-state index contributed by atoms with van der Waals surface area (Å²) in [6.07, 6.45) is 0.327. The maximum Gasteiger partial charge on any atom is 0.270 e. The molecule has 0 aliphatic carbocycles. The van der Waals surface area contributed by atoms with Gasteiger partial charge in [-0.2, -0.15) is 10.4 Å². The lowest BCUT2D eigenvalue weighted by Crippen LogP contribution is -2.48. The lowest BCUT2D eigenvalue weighted by Gasteiger charge is -2.18. The second kappa shape index (κ2) is 8.49. The summed E-state index contributed by atoms with van der Waals surface area (Å²) in [5.74, 6) is -0.777. The van der Waals surface area contributed by atoms with Gasteiger partial charge < -0.3 is 10.6 Å². The quantitative estimate of drug-likeness (QED) is 0.759. The van der Waals surface area contributed by atoms with Crippen LogP contribution in [0.2, 0.25) is 0 Å². The Hall–Kier alpha value is -3.14. The second-order valence-corrected chi connectivity index (χ2v) is 7.38. The number of benzene rings is 1. The number of nitriles is 1. The van der Waals surface area contributed by atoms with E-state index in [1.54, 1.807) is 13.1 Å². The molecule has 0 aliphatic heterocycles. The zero-order valence-electron chi connectivity index (χ0n) is 16.1. The standard InChI is InChI=1S/C20H25N5O2/c1-20(2,3)17-13-16(25(4)24-17)19(27)23-15(18(26)22-11-10-21)12-14-8-6-5-7-9-14/h5-9,13,15H,11-12H2,1-4H3,(H,22,26)(H,23,27)/t15-/m0/s1. The van der Waals surface area contributed by atoms with E-state index >= 15 is 0 Å². The van der Waals surface area contributed by atoms with Crippen molar-refractivity contribution >= 4 is 11.8 Å². The molecule has 0 radical (unpaired) electrons. The van der Waals surface area contributed by atoms with Gasteiger partial charge in [-0.3, -0.25) is 14.3 Å². The number of hydrogen-bond donors (Lipinski definition) is 2. The number of rotatable bonds is 6. The van der Waals surface area contributed by atoms with Crippen LogP contribution in [0.4, 0.5) is 0 Å². The number of carbonyl (C=O) groups is 2. The molecule has 142 valence electrons. The summed E-state index contributed by atoms with van der Waals surface area (Å²) in [5.41, 5.74) is 1.90. The lowest BCUT2D eigenvalue weighted by molar-refractivity contribution is -0.122. The Morgan fingerprint density at radius 2 is 1.93 bits per heavy atom. The molecule has 0 saturated heterocycles. The third-order valence-electron chi connectivity index (χ3n) is 4.13. The first-order valence-corrected chi connectivity index (χ1v) is 8.76. The van der Waals surface area contributed by atoms with Gasteiger partial charge in [0.15, 0.2) is 0 Å². The van der Waals surface area contributed by atoms with Crippen molar-refractivity contribution in [2.45, 2.75) is 38.6 Å². The third-order valence-corrected chi connectivity index (χ3v) is 4.13. The van der Waals surface area contributed by atoms with E-state index in [-0.39, 0.29) is 17.9 Å². The van der Waals surface area contributed by atoms with Gasteiger partial charge in [-0.15, -0.1) is 0 Å². The van der Waals surface area contributed by atoms with Gasteiger partial charge in [0.1, 0.15) is 18.3 Å². The fraction of sp³-hybridized carbons (Fsp3) is 0.400. The molecule has 7 heteroatoms. The van der Waals surface area contributed by atoms with Crippen molar-refractivity contribution in [3.8, 4) is 6.07 Å². The first-order chi connectivity index (χ1) is 12.7. The van der Waals surface area contributed by atoms with Crippen molar-refractivity contribution in [2.24, 2.45) is 7.05 Å². The zero-order valence-corrected chi connectivity index (χ0v) is 16.1. The summed E-state index contributed by atoms with van der Waals surface area (Å²) in [7, 11) is 1.70. The Morgan fingerprint density at radius 1 is 1.26 bits per heavy atom. The van der Waals surface area contributed by atoms with Gasteiger partial charge in [0.2, 0.25) is 5.91 Å². The SMILES string of the molecule is Cn1nc(C(C)(C)C)cc1C(=O)N[C@@H](Cc1ccccc1)C(=O)NCC#N. The van der Waals surface area contributed by atoms with Crippen LogP contribution in [-0.2, 0) is 23.7 Å². The van der Waals surface area contributed by atoms with E-state index in [1.807, 2.05) is 57.2 Å². The molecule has 27 heavy (non-hydrogen) atoms. The fourth-order valence-electron chi connectivity index (χ4n) is 2.59. The fourth-order valence-corrected chi connectivity index (χ4v) is 2.59. The van der Waals surface area contributed by atoms with Gasteiger partial charge in [0.25, 0.3) is 5.91 Å². The lowest BCUT2D eigenvalue weighted by atomic mass is 9.92. The molecule has 7 nitrogen and oxygen atoms in total. The van der Waals surface area contributed by atoms with Crippen molar-refractivity contribution in [1.29, 1.82) is 5.26 Å². The number of amides is 2. The van der Waals surface area contributed by atoms with Crippen LogP contribution in [-0.4, -0.2) is 34.2 Å². The van der Waals surface area contributed by atoms with Gasteiger partial charge in [0.05, 0.1) is 11.8 Å². The van der Waals surface area contributed by atoms with Crippen LogP contribution < -0.4 is 10.6 Å². The minimum atomic E-state index is -0.791. The van der Waals surface area contributed by atoms with Gasteiger partial charge >= 0.3 is 0 Å². The van der Waals surface area contributed by atoms with E-state index in [4.69, 9.17) is 5.26 Å². The number of nitrogens with one attached hydrogen (secondary N) is 2. The van der Waals surface area contributed by atoms with E-state index in [9.17, 15) is 9.59 Å². The molecule has 2 N–H and O–H groups in total. The molecule has 0 aliphatic rings. The van der Waals surface area contributed by atoms with Crippen LogP contribution in [0.1, 0.15) is 42.5 Å². The highest BCUT2D eigenvalue weighted by Gasteiger charge is 2.25. The molecule has 0 bridgehead atoms. The highest BCUT2D eigenvalue weighted by atomic mass is 16.2. The molecule has 1 atom stereocenters. The maximum absolute atomic E-state index is 12.8. The highest BCUT2D eigenvalue weighted by molar-refractivity contribution is 5.96. The van der Waals surface area contributed by atoms with Crippen molar-refractivity contribution in [3.63, 3.8) is 0 Å². The molecule has 1 aromatic heterocycles. The summed E-state index contributed by atoms with van der Waals surface area (Å²) in [6.45, 7) is 5.94. The van der Waals surface area contributed by atoms with Crippen LogP contribution in [0, 0.1) is 11.3 Å². The molecule has 0 unspecified atom stereocenters. The van der Waals surface area contributed by atoms with Gasteiger partial charge in [-0.05, 0) is 11.6 Å². The highest BCUT2D eigenvalue weighted by Crippen LogP contribution is 2.21. The Morgan fingerprint density at radius 3 is 2.48 bits per heavy atom. The van der Waals surface area contributed by atoms with Crippen LogP contribution in [0.15, 0.2) is 36.4 Å². The van der Waals surface area contributed by atoms with E-state index < -0.39 is 11.9 Å². The smallest absolute Gasteiger partial charge is 0.270 e. The average molecular weight is 367 g/mol. The van der Waals surface area contributed by atoms with Crippen molar-refractivity contribution in [3.05, 3.63) is 53.3 Å². The van der Waals surface area contributed by atoms with Crippen molar-refractivity contribution < 1.29 is 9.59 Å². The monoisotopic (exact) mass is 367 g/mol. The van der Waals surface area contributed by atoms with Crippen LogP contribution >= 0.6 is 0 Å². The summed E-state index contributed by atoms with van der Waals surface area (Å²) in [5, 5.41) is 18.4. The topological polar surface area (TPSA) is 99.8 Å². The zero-order chi connectivity index (χ0) is 20.0. The first-order valence-electron chi connectivity index (χ1n) is 8.76. The number of nitrogens with zero attached hydrogens (tertiary/aromatic N) is 3. The van der Waals surface area contributed by atoms with E-state index in [0.29, 0.717) is 12.1 Å². The molecule has 2 rings (SSSR count). The number of carbonyl (C=O) groups excluding carboxylic acids is 2. The van der Waals surface area contributed by atoms with E-state index in [2.05, 4.69) is 15.7 Å². The molecule has 1 aromatic carbocycles. The maximum atomic E-state index is 12.8. The summed E-state index contributed by atoms with van der Waals surface area (Å²) < 4.78 is 1.52. The van der Waals surface area contributed by atoms with Gasteiger partial charge in [-0.1, -0.05) is 51.1 Å². The van der Waals surface area contributed by atoms with Crippen molar-refractivity contribution in [1.82, 2.24) is 20.4 Å². The average Bonchev–Trinajstić information content (AvgIpc) is 3.02. The summed E-state index contributed by atoms with van der Waals surface area (Å²) >= 11 is 0. The molecule has 0 fully saturated rings. The molecule has 0 saturated carbocycles. The number of hydrogen-bond acceptors (Lipinski definition) is 4. The van der Waals surface area contributed by atoms with Gasteiger partial charge in [0, 0.05) is 18.9 Å². The molecule has 2 aromatic rings. The molecule has 1 heterocycles. The summed E-state index contributed by atoms with van der Waals surface area (Å²) in [4.78, 5) is 25.2. The molecule has 0 spiro atoms. The minimum absolute atomic E-state index is 0.111. The number of aromatic nitrogens is 2. The summed E-state index contributed by atoms with van der Waals surface area (Å²) in [6, 6.07) is 12.2. The van der Waals surface area contributed by atoms with E-state index in [1.165, 1.54) is 4.68 Å². The molecular formula is C20H25N5O2. The Kier molecular flexibility index (Phi) is 6.35.